The first-order valence-electron chi connectivity index (χ1n) is 5.06. The molecule has 3 unspecified atom stereocenters. The molecule has 0 spiro atoms. The quantitative estimate of drug-likeness (QED) is 0.727. The second-order valence-corrected chi connectivity index (χ2v) is 3.80. The minimum Gasteiger partial charge on any atom is -0.393 e. The fourth-order valence-corrected chi connectivity index (χ4v) is 1.81. The molecule has 0 bridgehead atoms. The van der Waals surface area contributed by atoms with Gasteiger partial charge in [0.25, 0.3) is 0 Å². The lowest BCUT2D eigenvalue weighted by atomic mass is 9.94. The van der Waals surface area contributed by atoms with Gasteiger partial charge in [0, 0.05) is 19.6 Å². The Morgan fingerprint density at radius 2 is 2.38 bits per heavy atom. The van der Waals surface area contributed by atoms with Gasteiger partial charge in [-0.25, -0.2) is 0 Å². The van der Waals surface area contributed by atoms with E-state index in [0.29, 0.717) is 5.92 Å². The molecule has 1 rings (SSSR count). The molecule has 3 heteroatoms. The van der Waals surface area contributed by atoms with E-state index in [1.807, 2.05) is 6.92 Å². The van der Waals surface area contributed by atoms with Gasteiger partial charge in [-0.1, -0.05) is 0 Å². The van der Waals surface area contributed by atoms with Gasteiger partial charge in [-0.05, 0) is 32.6 Å². The highest BCUT2D eigenvalue weighted by Crippen LogP contribution is 2.25. The lowest BCUT2D eigenvalue weighted by molar-refractivity contribution is -0.180. The molecule has 3 nitrogen and oxygen atoms in total. The van der Waals surface area contributed by atoms with Gasteiger partial charge in [-0.2, -0.15) is 0 Å². The van der Waals surface area contributed by atoms with E-state index in [9.17, 15) is 0 Å². The fourth-order valence-electron chi connectivity index (χ4n) is 1.81. The molecule has 1 aliphatic rings. The van der Waals surface area contributed by atoms with Gasteiger partial charge < -0.3 is 14.6 Å². The van der Waals surface area contributed by atoms with Gasteiger partial charge in [0.15, 0.2) is 6.29 Å². The third-order valence-corrected chi connectivity index (χ3v) is 2.57. The minimum absolute atomic E-state index is 0.0486. The molecule has 1 heterocycles. The Bertz CT molecular complexity index is 136. The van der Waals surface area contributed by atoms with Gasteiger partial charge >= 0.3 is 0 Å². The van der Waals surface area contributed by atoms with E-state index in [4.69, 9.17) is 14.6 Å². The second kappa shape index (κ2) is 5.58. The van der Waals surface area contributed by atoms with E-state index in [1.165, 1.54) is 0 Å². The number of hydrogen-bond donors (Lipinski definition) is 1. The van der Waals surface area contributed by atoms with Gasteiger partial charge in [0.2, 0.25) is 0 Å². The normalized spacial score (nSPS) is 31.6. The molecule has 0 aromatic rings. The second-order valence-electron chi connectivity index (χ2n) is 3.80. The Balaban J connectivity index is 2.27. The highest BCUT2D eigenvalue weighted by Gasteiger charge is 2.25. The molecule has 1 aliphatic heterocycles. The smallest absolute Gasteiger partial charge is 0.159 e. The Morgan fingerprint density at radius 3 is 3.00 bits per heavy atom. The summed E-state index contributed by atoms with van der Waals surface area (Å²) in [4.78, 5) is 0. The molecule has 0 amide bonds. The van der Waals surface area contributed by atoms with Crippen molar-refractivity contribution in [3.8, 4) is 0 Å². The summed E-state index contributed by atoms with van der Waals surface area (Å²) in [5, 5.41) is 9.16. The maximum absolute atomic E-state index is 9.16. The van der Waals surface area contributed by atoms with Crippen molar-refractivity contribution < 1.29 is 14.6 Å². The highest BCUT2D eigenvalue weighted by atomic mass is 16.7. The number of rotatable bonds is 4. The van der Waals surface area contributed by atoms with Crippen LogP contribution in [0.15, 0.2) is 0 Å². The van der Waals surface area contributed by atoms with Crippen LogP contribution in [0.2, 0.25) is 0 Å². The Hall–Kier alpha value is -0.120. The molecule has 0 radical (unpaired) electrons. The molecular weight excluding hydrogens is 168 g/mol. The summed E-state index contributed by atoms with van der Waals surface area (Å²) in [7, 11) is 1.69. The lowest BCUT2D eigenvalue weighted by Crippen LogP contribution is -2.31. The van der Waals surface area contributed by atoms with Gasteiger partial charge in [0.05, 0.1) is 6.10 Å². The molecule has 13 heavy (non-hydrogen) atoms. The van der Waals surface area contributed by atoms with Gasteiger partial charge in [0.1, 0.15) is 0 Å². The summed E-state index contributed by atoms with van der Waals surface area (Å²) in [6.07, 6.45) is 3.85. The number of hydrogen-bond acceptors (Lipinski definition) is 3. The maximum atomic E-state index is 9.16. The van der Waals surface area contributed by atoms with Crippen molar-refractivity contribution in [1.29, 1.82) is 0 Å². The van der Waals surface area contributed by atoms with Gasteiger partial charge in [-0.3, -0.25) is 0 Å². The molecular formula is C10H20O3. The summed E-state index contributed by atoms with van der Waals surface area (Å²) in [5.74, 6) is 0.466. The van der Waals surface area contributed by atoms with E-state index in [1.54, 1.807) is 7.11 Å². The number of aliphatic hydroxyl groups excluding tert-OH is 1. The van der Waals surface area contributed by atoms with E-state index < -0.39 is 0 Å². The number of methoxy groups -OCH3 is 1. The van der Waals surface area contributed by atoms with Gasteiger partial charge in [-0.15, -0.1) is 0 Å². The predicted octanol–water partition coefficient (Wildman–Crippen LogP) is 1.55. The Morgan fingerprint density at radius 1 is 1.62 bits per heavy atom. The van der Waals surface area contributed by atoms with Crippen LogP contribution in [-0.2, 0) is 9.47 Å². The summed E-state index contributed by atoms with van der Waals surface area (Å²) < 4.78 is 10.7. The van der Waals surface area contributed by atoms with Crippen LogP contribution in [0, 0.1) is 5.92 Å². The van der Waals surface area contributed by atoms with Crippen molar-refractivity contribution in [3.63, 3.8) is 0 Å². The highest BCUT2D eigenvalue weighted by molar-refractivity contribution is 4.69. The van der Waals surface area contributed by atoms with Crippen LogP contribution in [0.4, 0.5) is 0 Å². The van der Waals surface area contributed by atoms with Crippen LogP contribution in [0.5, 0.6) is 0 Å². The Labute approximate surface area is 80.0 Å². The molecule has 0 aromatic heterocycles. The van der Waals surface area contributed by atoms with Crippen molar-refractivity contribution in [3.05, 3.63) is 0 Å². The first kappa shape index (κ1) is 11.0. The largest absolute Gasteiger partial charge is 0.393 e. The zero-order chi connectivity index (χ0) is 9.68. The third kappa shape index (κ3) is 3.63. The van der Waals surface area contributed by atoms with E-state index in [0.717, 1.165) is 32.3 Å². The Kier molecular flexibility index (Phi) is 4.70. The minimum atomic E-state index is -0.209. The molecule has 78 valence electrons. The van der Waals surface area contributed by atoms with Crippen LogP contribution in [0.25, 0.3) is 0 Å². The van der Waals surface area contributed by atoms with Crippen molar-refractivity contribution in [2.24, 2.45) is 5.92 Å². The lowest BCUT2D eigenvalue weighted by Gasteiger charge is -2.30. The molecule has 0 aliphatic carbocycles. The number of aliphatic hydroxyl groups is 1. The summed E-state index contributed by atoms with van der Waals surface area (Å²) in [6.45, 7) is 2.63. The molecule has 1 fully saturated rings. The standard InChI is InChI=1S/C10H20O3/c1-8(11)5-6-9-4-3-7-13-10(9)12-2/h8-11H,3-7H2,1-2H3. The van der Waals surface area contributed by atoms with Crippen molar-refractivity contribution >= 4 is 0 Å². The molecule has 0 saturated carbocycles. The SMILES string of the molecule is COC1OCCCC1CCC(C)O. The summed E-state index contributed by atoms with van der Waals surface area (Å²) in [6, 6.07) is 0. The van der Waals surface area contributed by atoms with Crippen LogP contribution in [-0.4, -0.2) is 31.2 Å². The zero-order valence-electron chi connectivity index (χ0n) is 8.53. The van der Waals surface area contributed by atoms with Crippen LogP contribution in [0.3, 0.4) is 0 Å². The van der Waals surface area contributed by atoms with E-state index in [2.05, 4.69) is 0 Å². The fraction of sp³-hybridized carbons (Fsp3) is 1.00. The average Bonchev–Trinajstić information content (AvgIpc) is 2.15. The first-order chi connectivity index (χ1) is 6.24. The molecule has 0 aromatic carbocycles. The summed E-state index contributed by atoms with van der Waals surface area (Å²) in [5.41, 5.74) is 0. The predicted molar refractivity (Wildman–Crippen MR) is 50.4 cm³/mol. The van der Waals surface area contributed by atoms with E-state index in [-0.39, 0.29) is 12.4 Å². The molecule has 3 atom stereocenters. The maximum Gasteiger partial charge on any atom is 0.159 e. The van der Waals surface area contributed by atoms with Crippen LogP contribution in [0.1, 0.15) is 32.6 Å². The van der Waals surface area contributed by atoms with Crippen molar-refractivity contribution in [2.45, 2.75) is 45.0 Å². The molecule has 1 N–H and O–H groups in total. The van der Waals surface area contributed by atoms with Crippen molar-refractivity contribution in [2.75, 3.05) is 13.7 Å². The van der Waals surface area contributed by atoms with Crippen molar-refractivity contribution in [1.82, 2.24) is 0 Å². The van der Waals surface area contributed by atoms with Crippen LogP contribution < -0.4 is 0 Å². The monoisotopic (exact) mass is 188 g/mol. The number of ether oxygens (including phenoxy) is 2. The third-order valence-electron chi connectivity index (χ3n) is 2.57. The average molecular weight is 188 g/mol. The summed E-state index contributed by atoms with van der Waals surface area (Å²) >= 11 is 0. The topological polar surface area (TPSA) is 38.7 Å². The van der Waals surface area contributed by atoms with E-state index >= 15 is 0 Å². The molecule has 1 saturated heterocycles. The zero-order valence-corrected chi connectivity index (χ0v) is 8.53. The van der Waals surface area contributed by atoms with Crippen LogP contribution >= 0.6 is 0 Å². The first-order valence-corrected chi connectivity index (χ1v) is 5.06.